The summed E-state index contributed by atoms with van der Waals surface area (Å²) in [5.41, 5.74) is 0.687. The Morgan fingerprint density at radius 3 is 3.00 bits per heavy atom. The van der Waals surface area contributed by atoms with E-state index in [4.69, 9.17) is 0 Å². The first-order valence-corrected chi connectivity index (χ1v) is 4.86. The van der Waals surface area contributed by atoms with Gasteiger partial charge in [-0.2, -0.15) is 5.10 Å². The van der Waals surface area contributed by atoms with Gasteiger partial charge in [-0.15, -0.1) is 0 Å². The van der Waals surface area contributed by atoms with Gasteiger partial charge >= 0.3 is 5.69 Å². The van der Waals surface area contributed by atoms with Crippen molar-refractivity contribution >= 4 is 11.5 Å². The number of aromatic amines is 1. The summed E-state index contributed by atoms with van der Waals surface area (Å²) < 4.78 is 0. The number of pyridine rings is 1. The number of rotatable bonds is 4. The SMILES string of the molecule is Cc1cnc(NCc2ncn[nH]2)c([N+](=O)[O-])c1. The summed E-state index contributed by atoms with van der Waals surface area (Å²) in [4.78, 5) is 18.2. The second-order valence-corrected chi connectivity index (χ2v) is 3.42. The van der Waals surface area contributed by atoms with Crippen LogP contribution in [0.4, 0.5) is 11.5 Å². The maximum absolute atomic E-state index is 10.8. The number of anilines is 1. The van der Waals surface area contributed by atoms with Gasteiger partial charge in [-0.1, -0.05) is 0 Å². The van der Waals surface area contributed by atoms with Crippen LogP contribution in [0.25, 0.3) is 0 Å². The average molecular weight is 234 g/mol. The number of nitrogens with one attached hydrogen (secondary N) is 2. The van der Waals surface area contributed by atoms with Gasteiger partial charge in [-0.3, -0.25) is 15.2 Å². The van der Waals surface area contributed by atoms with E-state index in [-0.39, 0.29) is 11.5 Å². The Morgan fingerprint density at radius 2 is 2.35 bits per heavy atom. The van der Waals surface area contributed by atoms with Crippen molar-refractivity contribution in [3.8, 4) is 0 Å². The number of hydrogen-bond donors (Lipinski definition) is 2. The zero-order valence-electron chi connectivity index (χ0n) is 9.04. The molecule has 2 rings (SSSR count). The van der Waals surface area contributed by atoms with Gasteiger partial charge in [0.25, 0.3) is 0 Å². The highest BCUT2D eigenvalue weighted by Gasteiger charge is 2.15. The molecule has 0 saturated heterocycles. The first kappa shape index (κ1) is 11.0. The number of H-pyrrole nitrogens is 1. The number of aromatic nitrogens is 4. The highest BCUT2D eigenvalue weighted by molar-refractivity contribution is 5.56. The molecule has 0 unspecified atom stereocenters. The van der Waals surface area contributed by atoms with E-state index in [1.807, 2.05) is 0 Å². The average Bonchev–Trinajstić information content (AvgIpc) is 2.80. The third-order valence-electron chi connectivity index (χ3n) is 2.09. The first-order chi connectivity index (χ1) is 8.16. The minimum absolute atomic E-state index is 0.0514. The van der Waals surface area contributed by atoms with E-state index in [9.17, 15) is 10.1 Å². The van der Waals surface area contributed by atoms with Crippen LogP contribution in [0.15, 0.2) is 18.6 Å². The zero-order chi connectivity index (χ0) is 12.3. The lowest BCUT2D eigenvalue weighted by molar-refractivity contribution is -0.384. The van der Waals surface area contributed by atoms with Crippen molar-refractivity contribution in [1.29, 1.82) is 0 Å². The van der Waals surface area contributed by atoms with E-state index in [1.54, 1.807) is 13.1 Å². The van der Waals surface area contributed by atoms with Crippen molar-refractivity contribution in [3.63, 3.8) is 0 Å². The van der Waals surface area contributed by atoms with Gasteiger partial charge in [0.15, 0.2) is 0 Å². The van der Waals surface area contributed by atoms with Gasteiger partial charge < -0.3 is 5.32 Å². The second kappa shape index (κ2) is 4.56. The van der Waals surface area contributed by atoms with Crippen LogP contribution < -0.4 is 5.32 Å². The van der Waals surface area contributed by atoms with Gasteiger partial charge in [0.1, 0.15) is 12.2 Å². The van der Waals surface area contributed by atoms with Gasteiger partial charge in [-0.25, -0.2) is 9.97 Å². The maximum atomic E-state index is 10.8. The Morgan fingerprint density at radius 1 is 1.53 bits per heavy atom. The standard InChI is InChI=1S/C9H10N6O2/c1-6-2-7(15(16)17)9(10-3-6)11-4-8-12-5-13-14-8/h2-3,5H,4H2,1H3,(H,10,11)(H,12,13,14). The predicted octanol–water partition coefficient (Wildman–Crippen LogP) is 1.03. The summed E-state index contributed by atoms with van der Waals surface area (Å²) in [6, 6.07) is 1.47. The topological polar surface area (TPSA) is 110 Å². The van der Waals surface area contributed by atoms with Crippen molar-refractivity contribution in [2.75, 3.05) is 5.32 Å². The first-order valence-electron chi connectivity index (χ1n) is 4.86. The molecule has 0 spiro atoms. The van der Waals surface area contributed by atoms with E-state index in [2.05, 4.69) is 25.5 Å². The summed E-state index contributed by atoms with van der Waals surface area (Å²) in [5.74, 6) is 0.804. The Balaban J connectivity index is 2.17. The van der Waals surface area contributed by atoms with E-state index < -0.39 is 4.92 Å². The lowest BCUT2D eigenvalue weighted by Gasteiger charge is -2.04. The molecule has 0 aliphatic carbocycles. The molecule has 0 saturated carbocycles. The van der Waals surface area contributed by atoms with Crippen LogP contribution in [0.2, 0.25) is 0 Å². The minimum atomic E-state index is -0.470. The molecule has 0 fully saturated rings. The summed E-state index contributed by atoms with van der Waals surface area (Å²) in [7, 11) is 0. The van der Waals surface area contributed by atoms with E-state index in [0.717, 1.165) is 5.56 Å². The molecule has 0 bridgehead atoms. The normalized spacial score (nSPS) is 10.2. The molecule has 0 aromatic carbocycles. The number of nitro groups is 1. The molecular formula is C9H10N6O2. The molecular weight excluding hydrogens is 224 g/mol. The van der Waals surface area contributed by atoms with E-state index in [1.165, 1.54) is 12.4 Å². The maximum Gasteiger partial charge on any atom is 0.311 e. The van der Waals surface area contributed by atoms with Gasteiger partial charge in [0.05, 0.1) is 11.5 Å². The Labute approximate surface area is 96.3 Å². The number of aryl methyl sites for hydroxylation is 1. The Hall–Kier alpha value is -2.51. The molecule has 0 atom stereocenters. The highest BCUT2D eigenvalue weighted by atomic mass is 16.6. The van der Waals surface area contributed by atoms with E-state index in [0.29, 0.717) is 12.4 Å². The van der Waals surface area contributed by atoms with Crippen molar-refractivity contribution < 1.29 is 4.92 Å². The zero-order valence-corrected chi connectivity index (χ0v) is 9.04. The monoisotopic (exact) mass is 234 g/mol. The molecule has 8 heteroatoms. The summed E-state index contributed by atoms with van der Waals surface area (Å²) >= 11 is 0. The van der Waals surface area contributed by atoms with Crippen LogP contribution >= 0.6 is 0 Å². The Kier molecular flexibility index (Phi) is 2.95. The fourth-order valence-corrected chi connectivity index (χ4v) is 1.31. The molecule has 2 aromatic heterocycles. The second-order valence-electron chi connectivity index (χ2n) is 3.42. The third kappa shape index (κ3) is 2.54. The molecule has 0 aliphatic heterocycles. The molecule has 2 heterocycles. The molecule has 8 nitrogen and oxygen atoms in total. The molecule has 0 aliphatic rings. The Bertz CT molecular complexity index is 524. The smallest absolute Gasteiger partial charge is 0.311 e. The van der Waals surface area contributed by atoms with Gasteiger partial charge in [0.2, 0.25) is 5.82 Å². The molecule has 2 aromatic rings. The van der Waals surface area contributed by atoms with Crippen LogP contribution in [0, 0.1) is 17.0 Å². The largest absolute Gasteiger partial charge is 0.357 e. The summed E-state index contributed by atoms with van der Waals surface area (Å²) in [5, 5.41) is 20.0. The lowest BCUT2D eigenvalue weighted by atomic mass is 10.3. The predicted molar refractivity (Wildman–Crippen MR) is 59.3 cm³/mol. The molecule has 0 radical (unpaired) electrons. The van der Waals surface area contributed by atoms with Crippen LogP contribution in [0.1, 0.15) is 11.4 Å². The lowest BCUT2D eigenvalue weighted by Crippen LogP contribution is -2.06. The quantitative estimate of drug-likeness (QED) is 0.603. The van der Waals surface area contributed by atoms with Crippen molar-refractivity contribution in [2.24, 2.45) is 0 Å². The summed E-state index contributed by atoms with van der Waals surface area (Å²) in [6.45, 7) is 2.05. The summed E-state index contributed by atoms with van der Waals surface area (Å²) in [6.07, 6.45) is 2.93. The van der Waals surface area contributed by atoms with Crippen molar-refractivity contribution in [1.82, 2.24) is 20.2 Å². The molecule has 88 valence electrons. The molecule has 17 heavy (non-hydrogen) atoms. The van der Waals surface area contributed by atoms with Crippen LogP contribution in [0.3, 0.4) is 0 Å². The van der Waals surface area contributed by atoms with Crippen LogP contribution in [-0.4, -0.2) is 25.1 Å². The van der Waals surface area contributed by atoms with Crippen LogP contribution in [-0.2, 0) is 6.54 Å². The minimum Gasteiger partial charge on any atom is -0.357 e. The number of nitrogens with zero attached hydrogens (tertiary/aromatic N) is 4. The van der Waals surface area contributed by atoms with Crippen molar-refractivity contribution in [2.45, 2.75) is 13.5 Å². The third-order valence-corrected chi connectivity index (χ3v) is 2.09. The van der Waals surface area contributed by atoms with E-state index >= 15 is 0 Å². The van der Waals surface area contributed by atoms with Crippen LogP contribution in [0.5, 0.6) is 0 Å². The fourth-order valence-electron chi connectivity index (χ4n) is 1.31. The highest BCUT2D eigenvalue weighted by Crippen LogP contribution is 2.22. The number of hydrogen-bond acceptors (Lipinski definition) is 6. The van der Waals surface area contributed by atoms with Gasteiger partial charge in [-0.05, 0) is 12.5 Å². The van der Waals surface area contributed by atoms with Crippen molar-refractivity contribution in [3.05, 3.63) is 40.1 Å². The fraction of sp³-hybridized carbons (Fsp3) is 0.222. The molecule has 2 N–H and O–H groups in total. The molecule has 0 amide bonds. The van der Waals surface area contributed by atoms with Gasteiger partial charge in [0, 0.05) is 12.3 Å².